The molecule has 8 heteroatoms. The lowest BCUT2D eigenvalue weighted by atomic mass is 10.4. The van der Waals surface area contributed by atoms with Gasteiger partial charge in [0.05, 0.1) is 6.61 Å². The molecule has 0 rings (SSSR count). The second-order valence-corrected chi connectivity index (χ2v) is 4.18. The summed E-state index contributed by atoms with van der Waals surface area (Å²) in [4.78, 5) is 28.1. The highest BCUT2D eigenvalue weighted by atomic mass is 31.2. The highest BCUT2D eigenvalue weighted by Crippen LogP contribution is 2.43. The zero-order valence-electron chi connectivity index (χ0n) is 9.17. The minimum atomic E-state index is -4.53. The first-order chi connectivity index (χ1) is 7.39. The number of unbranched alkanes of at least 4 members (excludes halogenated alkanes) is 1. The van der Waals surface area contributed by atoms with Crippen LogP contribution in [0.4, 0.5) is 0 Å². The van der Waals surface area contributed by atoms with Crippen LogP contribution >= 0.6 is 7.82 Å². The summed E-state index contributed by atoms with van der Waals surface area (Å²) in [5, 5.41) is 0. The number of hydrogen-bond acceptors (Lipinski definition) is 6. The predicted octanol–water partition coefficient (Wildman–Crippen LogP) is 1.89. The van der Waals surface area contributed by atoms with Crippen LogP contribution in [0.5, 0.6) is 0 Å². The average molecular weight is 254 g/mol. The Balaban J connectivity index is 3.82. The van der Waals surface area contributed by atoms with Crippen LogP contribution in [0.15, 0.2) is 12.2 Å². The van der Waals surface area contributed by atoms with Crippen molar-refractivity contribution in [2.45, 2.75) is 26.7 Å². The van der Waals surface area contributed by atoms with Crippen LogP contribution in [0.3, 0.4) is 0 Å². The molecule has 0 aromatic rings. The molecule has 1 atom stereocenters. The molecule has 0 fully saturated rings. The largest absolute Gasteiger partial charge is 0.535 e. The normalized spacial score (nSPS) is 14.2. The molecule has 0 bridgehead atoms. The second kappa shape index (κ2) is 7.54. The number of rotatable bonds is 8. The third kappa shape index (κ3) is 7.56. The molecule has 0 aliphatic carbocycles. The number of carbonyl (C=O) groups is 1. The second-order valence-electron chi connectivity index (χ2n) is 2.94. The fourth-order valence-electron chi connectivity index (χ4n) is 0.472. The van der Waals surface area contributed by atoms with Crippen molar-refractivity contribution in [2.24, 2.45) is 0 Å². The molecule has 0 radical (unpaired) electrons. The van der Waals surface area contributed by atoms with Crippen molar-refractivity contribution in [1.29, 1.82) is 0 Å². The molecule has 0 aliphatic heterocycles. The van der Waals surface area contributed by atoms with Gasteiger partial charge in [-0.05, 0) is 13.3 Å². The highest BCUT2D eigenvalue weighted by molar-refractivity contribution is 7.47. The molecule has 0 aromatic carbocycles. The van der Waals surface area contributed by atoms with Crippen molar-refractivity contribution in [3.8, 4) is 0 Å². The molecule has 0 aliphatic rings. The predicted molar refractivity (Wildman–Crippen MR) is 53.8 cm³/mol. The van der Waals surface area contributed by atoms with E-state index in [1.807, 2.05) is 6.92 Å². The minimum Gasteiger partial charge on any atom is -0.299 e. The van der Waals surface area contributed by atoms with Gasteiger partial charge in [0.2, 0.25) is 0 Å². The SMILES string of the molecule is C=C(C)C(=O)OOP(=O)(O)OOCCCC. The first kappa shape index (κ1) is 15.3. The van der Waals surface area contributed by atoms with E-state index in [1.165, 1.54) is 6.92 Å². The topological polar surface area (TPSA) is 91.3 Å². The molecule has 1 N–H and O–H groups in total. The van der Waals surface area contributed by atoms with Crippen LogP contribution < -0.4 is 0 Å². The van der Waals surface area contributed by atoms with Gasteiger partial charge in [-0.25, -0.2) is 14.2 Å². The van der Waals surface area contributed by atoms with Crippen LogP contribution in [0.25, 0.3) is 0 Å². The van der Waals surface area contributed by atoms with Gasteiger partial charge >= 0.3 is 13.8 Å². The van der Waals surface area contributed by atoms with Gasteiger partial charge in [0.15, 0.2) is 0 Å². The Kier molecular flexibility index (Phi) is 7.20. The van der Waals surface area contributed by atoms with E-state index in [1.54, 1.807) is 0 Å². The Morgan fingerprint density at radius 3 is 2.56 bits per heavy atom. The molecule has 16 heavy (non-hydrogen) atoms. The van der Waals surface area contributed by atoms with Crippen LogP contribution in [-0.2, 0) is 28.5 Å². The van der Waals surface area contributed by atoms with E-state index in [2.05, 4.69) is 25.7 Å². The van der Waals surface area contributed by atoms with E-state index in [-0.39, 0.29) is 12.2 Å². The first-order valence-corrected chi connectivity index (χ1v) is 6.08. The quantitative estimate of drug-likeness (QED) is 0.232. The van der Waals surface area contributed by atoms with Gasteiger partial charge in [0, 0.05) is 5.57 Å². The van der Waals surface area contributed by atoms with E-state index in [9.17, 15) is 9.36 Å². The molecule has 94 valence electrons. The summed E-state index contributed by atoms with van der Waals surface area (Å²) in [6.07, 6.45) is 1.50. The summed E-state index contributed by atoms with van der Waals surface area (Å²) in [5.41, 5.74) is 0.0203. The van der Waals surface area contributed by atoms with Crippen molar-refractivity contribution < 1.29 is 33.4 Å². The van der Waals surface area contributed by atoms with Gasteiger partial charge in [-0.1, -0.05) is 24.6 Å². The van der Waals surface area contributed by atoms with E-state index in [0.29, 0.717) is 6.42 Å². The lowest BCUT2D eigenvalue weighted by Gasteiger charge is -2.08. The summed E-state index contributed by atoms with van der Waals surface area (Å²) in [6.45, 7) is 6.65. The van der Waals surface area contributed by atoms with Gasteiger partial charge in [-0.15, -0.1) is 4.67 Å². The van der Waals surface area contributed by atoms with Crippen LogP contribution in [0.1, 0.15) is 26.7 Å². The van der Waals surface area contributed by atoms with Crippen molar-refractivity contribution in [3.05, 3.63) is 12.2 Å². The summed E-state index contributed by atoms with van der Waals surface area (Å²) in [7, 11) is -4.53. The molecule has 0 saturated carbocycles. The van der Waals surface area contributed by atoms with Crippen molar-refractivity contribution in [2.75, 3.05) is 6.61 Å². The zero-order chi connectivity index (χ0) is 12.6. The summed E-state index contributed by atoms with van der Waals surface area (Å²) in [5.74, 6) is -0.966. The van der Waals surface area contributed by atoms with Gasteiger partial charge in [-0.3, -0.25) is 9.78 Å². The average Bonchev–Trinajstić information content (AvgIpc) is 2.21. The van der Waals surface area contributed by atoms with Crippen LogP contribution in [0.2, 0.25) is 0 Å². The Bertz CT molecular complexity index is 288. The Hall–Kier alpha value is -0.720. The monoisotopic (exact) mass is 254 g/mol. The molecular weight excluding hydrogens is 239 g/mol. The fourth-order valence-corrected chi connectivity index (χ4v) is 0.866. The van der Waals surface area contributed by atoms with Crippen molar-refractivity contribution >= 4 is 13.8 Å². The van der Waals surface area contributed by atoms with E-state index >= 15 is 0 Å². The van der Waals surface area contributed by atoms with Gasteiger partial charge in [-0.2, -0.15) is 0 Å². The molecule has 0 spiro atoms. The van der Waals surface area contributed by atoms with Gasteiger partial charge in [0.1, 0.15) is 0 Å². The molecule has 7 nitrogen and oxygen atoms in total. The lowest BCUT2D eigenvalue weighted by Crippen LogP contribution is -2.06. The zero-order valence-corrected chi connectivity index (χ0v) is 10.1. The molecule has 0 saturated heterocycles. The number of hydrogen-bond donors (Lipinski definition) is 1. The maximum Gasteiger partial charge on any atom is 0.535 e. The summed E-state index contributed by atoms with van der Waals surface area (Å²) < 4.78 is 18.9. The molecule has 0 heterocycles. The third-order valence-electron chi connectivity index (χ3n) is 1.28. The summed E-state index contributed by atoms with van der Waals surface area (Å²) >= 11 is 0. The number of phosphoric acid groups is 1. The minimum absolute atomic E-state index is 0.0203. The van der Waals surface area contributed by atoms with Gasteiger partial charge < -0.3 is 0 Å². The molecule has 0 aromatic heterocycles. The third-order valence-corrected chi connectivity index (χ3v) is 1.84. The fraction of sp³-hybridized carbons (Fsp3) is 0.625. The number of carbonyl (C=O) groups excluding carboxylic acids is 1. The maximum absolute atomic E-state index is 11.0. The van der Waals surface area contributed by atoms with E-state index in [4.69, 9.17) is 4.89 Å². The van der Waals surface area contributed by atoms with Crippen molar-refractivity contribution in [3.63, 3.8) is 0 Å². The van der Waals surface area contributed by atoms with E-state index in [0.717, 1.165) is 6.42 Å². The Labute approximate surface area is 93.4 Å². The van der Waals surface area contributed by atoms with E-state index < -0.39 is 13.8 Å². The van der Waals surface area contributed by atoms with Crippen LogP contribution in [0, 0.1) is 0 Å². The first-order valence-electron chi connectivity index (χ1n) is 4.59. The maximum atomic E-state index is 11.0. The van der Waals surface area contributed by atoms with Gasteiger partial charge in [0.25, 0.3) is 0 Å². The highest BCUT2D eigenvalue weighted by Gasteiger charge is 2.26. The summed E-state index contributed by atoms with van der Waals surface area (Å²) in [6, 6.07) is 0. The lowest BCUT2D eigenvalue weighted by molar-refractivity contribution is -0.267. The van der Waals surface area contributed by atoms with Crippen molar-refractivity contribution in [1.82, 2.24) is 0 Å². The smallest absolute Gasteiger partial charge is 0.299 e. The van der Waals surface area contributed by atoms with Crippen LogP contribution in [-0.4, -0.2) is 17.5 Å². The molecular formula is C8H15O7P. The standard InChI is InChI=1S/C8H15O7P/c1-4-5-6-12-14-16(10,11)15-13-8(9)7(2)3/h2,4-6H2,1,3H3,(H,10,11). The Morgan fingerprint density at radius 1 is 1.44 bits per heavy atom. The molecule has 0 amide bonds. The Morgan fingerprint density at radius 2 is 2.06 bits per heavy atom. The molecule has 1 unspecified atom stereocenters.